The van der Waals surface area contributed by atoms with E-state index in [0.717, 1.165) is 29.9 Å². The zero-order chi connectivity index (χ0) is 14.5. The number of hydrogen-bond donors (Lipinski definition) is 1. The molecule has 2 rings (SSSR count). The minimum atomic E-state index is 0.925. The standard InChI is InChI=1S/C16H22N4/c1-5-6-14-15(18-11-19-16(14)17-2)12-7-9-13(10-8-12)20(3)4/h7-11H,5-6H2,1-4H3,(H,17,18,19). The molecule has 0 bridgehead atoms. The molecule has 2 aromatic rings. The predicted octanol–water partition coefficient (Wildman–Crippen LogP) is 3.20. The molecule has 4 nitrogen and oxygen atoms in total. The number of nitrogens with zero attached hydrogens (tertiary/aromatic N) is 3. The van der Waals surface area contributed by atoms with Gasteiger partial charge in [-0.1, -0.05) is 25.5 Å². The van der Waals surface area contributed by atoms with Gasteiger partial charge in [0.2, 0.25) is 0 Å². The molecule has 0 aliphatic carbocycles. The van der Waals surface area contributed by atoms with Crippen molar-refractivity contribution in [3.8, 4) is 11.3 Å². The minimum absolute atomic E-state index is 0.925. The molecule has 0 unspecified atom stereocenters. The van der Waals surface area contributed by atoms with Gasteiger partial charge in [-0.25, -0.2) is 9.97 Å². The second-order valence-electron chi connectivity index (χ2n) is 4.99. The lowest BCUT2D eigenvalue weighted by Crippen LogP contribution is -2.08. The fourth-order valence-electron chi connectivity index (χ4n) is 2.28. The van der Waals surface area contributed by atoms with Crippen LogP contribution >= 0.6 is 0 Å². The molecular weight excluding hydrogens is 248 g/mol. The van der Waals surface area contributed by atoms with Crippen molar-refractivity contribution in [2.75, 3.05) is 31.4 Å². The van der Waals surface area contributed by atoms with Crippen LogP contribution in [0.5, 0.6) is 0 Å². The average Bonchev–Trinajstić information content (AvgIpc) is 2.48. The summed E-state index contributed by atoms with van der Waals surface area (Å²) in [5.41, 5.74) is 4.54. The van der Waals surface area contributed by atoms with Gasteiger partial charge in [0, 0.05) is 38.0 Å². The van der Waals surface area contributed by atoms with Crippen molar-refractivity contribution in [2.45, 2.75) is 19.8 Å². The molecule has 0 saturated carbocycles. The third-order valence-electron chi connectivity index (χ3n) is 3.34. The number of nitrogens with one attached hydrogen (secondary N) is 1. The first-order chi connectivity index (χ1) is 9.67. The van der Waals surface area contributed by atoms with E-state index >= 15 is 0 Å². The monoisotopic (exact) mass is 270 g/mol. The van der Waals surface area contributed by atoms with E-state index in [0.29, 0.717) is 0 Å². The van der Waals surface area contributed by atoms with Crippen LogP contribution in [-0.2, 0) is 6.42 Å². The van der Waals surface area contributed by atoms with E-state index in [9.17, 15) is 0 Å². The van der Waals surface area contributed by atoms with E-state index in [2.05, 4.69) is 51.4 Å². The van der Waals surface area contributed by atoms with E-state index in [4.69, 9.17) is 0 Å². The molecule has 1 aromatic carbocycles. The highest BCUT2D eigenvalue weighted by molar-refractivity contribution is 5.70. The second kappa shape index (κ2) is 6.37. The Morgan fingerprint density at radius 1 is 1.10 bits per heavy atom. The van der Waals surface area contributed by atoms with Gasteiger partial charge in [-0.05, 0) is 18.6 Å². The van der Waals surface area contributed by atoms with Crippen molar-refractivity contribution in [2.24, 2.45) is 0 Å². The van der Waals surface area contributed by atoms with Crippen LogP contribution in [0.3, 0.4) is 0 Å². The zero-order valence-corrected chi connectivity index (χ0v) is 12.6. The molecule has 4 heteroatoms. The third-order valence-corrected chi connectivity index (χ3v) is 3.34. The van der Waals surface area contributed by atoms with Gasteiger partial charge in [-0.2, -0.15) is 0 Å². The first-order valence-corrected chi connectivity index (χ1v) is 6.96. The van der Waals surface area contributed by atoms with E-state index in [1.54, 1.807) is 6.33 Å². The van der Waals surface area contributed by atoms with Crippen molar-refractivity contribution in [3.63, 3.8) is 0 Å². The molecule has 0 fully saturated rings. The molecular formula is C16H22N4. The van der Waals surface area contributed by atoms with Gasteiger partial charge in [-0.15, -0.1) is 0 Å². The van der Waals surface area contributed by atoms with E-state index < -0.39 is 0 Å². The van der Waals surface area contributed by atoms with Crippen LogP contribution < -0.4 is 10.2 Å². The summed E-state index contributed by atoms with van der Waals surface area (Å²) in [6, 6.07) is 8.48. The van der Waals surface area contributed by atoms with Crippen LogP contribution in [-0.4, -0.2) is 31.1 Å². The van der Waals surface area contributed by atoms with Gasteiger partial charge in [0.1, 0.15) is 12.1 Å². The molecule has 0 atom stereocenters. The van der Waals surface area contributed by atoms with Crippen molar-refractivity contribution >= 4 is 11.5 Å². The first kappa shape index (κ1) is 14.3. The van der Waals surface area contributed by atoms with Gasteiger partial charge in [-0.3, -0.25) is 0 Å². The maximum Gasteiger partial charge on any atom is 0.132 e. The molecule has 0 aliphatic heterocycles. The van der Waals surface area contributed by atoms with Crippen LogP contribution in [0.15, 0.2) is 30.6 Å². The van der Waals surface area contributed by atoms with Crippen molar-refractivity contribution < 1.29 is 0 Å². The molecule has 1 N–H and O–H groups in total. The lowest BCUT2D eigenvalue weighted by molar-refractivity contribution is 0.906. The Bertz CT molecular complexity index is 561. The van der Waals surface area contributed by atoms with E-state index in [-0.39, 0.29) is 0 Å². The molecule has 0 spiro atoms. The summed E-state index contributed by atoms with van der Waals surface area (Å²) in [7, 11) is 5.99. The summed E-state index contributed by atoms with van der Waals surface area (Å²) < 4.78 is 0. The Hall–Kier alpha value is -2.10. The topological polar surface area (TPSA) is 41.1 Å². The van der Waals surface area contributed by atoms with Crippen molar-refractivity contribution in [1.29, 1.82) is 0 Å². The molecule has 0 saturated heterocycles. The molecule has 0 aliphatic rings. The Labute approximate surface area is 120 Å². The summed E-state index contributed by atoms with van der Waals surface area (Å²) in [6.07, 6.45) is 3.67. The normalized spacial score (nSPS) is 10.4. The quantitative estimate of drug-likeness (QED) is 0.906. The van der Waals surface area contributed by atoms with Crippen LogP contribution in [0, 0.1) is 0 Å². The summed E-state index contributed by atoms with van der Waals surface area (Å²) in [5, 5.41) is 3.16. The highest BCUT2D eigenvalue weighted by Crippen LogP contribution is 2.28. The maximum atomic E-state index is 4.49. The largest absolute Gasteiger partial charge is 0.378 e. The fourth-order valence-corrected chi connectivity index (χ4v) is 2.28. The summed E-state index contributed by atoms with van der Waals surface area (Å²) in [4.78, 5) is 10.9. The van der Waals surface area contributed by atoms with Crippen LogP contribution in [0.4, 0.5) is 11.5 Å². The SMILES string of the molecule is CCCc1c(NC)ncnc1-c1ccc(N(C)C)cc1. The van der Waals surface area contributed by atoms with Gasteiger partial charge in [0.25, 0.3) is 0 Å². The Kier molecular flexibility index (Phi) is 4.56. The highest BCUT2D eigenvalue weighted by Gasteiger charge is 2.11. The van der Waals surface area contributed by atoms with Gasteiger partial charge < -0.3 is 10.2 Å². The van der Waals surface area contributed by atoms with Crippen molar-refractivity contribution in [3.05, 3.63) is 36.2 Å². The lowest BCUT2D eigenvalue weighted by atomic mass is 10.0. The lowest BCUT2D eigenvalue weighted by Gasteiger charge is -2.15. The zero-order valence-electron chi connectivity index (χ0n) is 12.6. The van der Waals surface area contributed by atoms with E-state index in [1.807, 2.05) is 21.1 Å². The average molecular weight is 270 g/mol. The predicted molar refractivity (Wildman–Crippen MR) is 85.3 cm³/mol. The van der Waals surface area contributed by atoms with Gasteiger partial charge in [0.15, 0.2) is 0 Å². The number of hydrogen-bond acceptors (Lipinski definition) is 4. The smallest absolute Gasteiger partial charge is 0.132 e. The Balaban J connectivity index is 2.45. The van der Waals surface area contributed by atoms with Crippen molar-refractivity contribution in [1.82, 2.24) is 9.97 Å². The summed E-state index contributed by atoms with van der Waals surface area (Å²) in [6.45, 7) is 2.17. The van der Waals surface area contributed by atoms with Gasteiger partial charge in [0.05, 0.1) is 5.69 Å². The van der Waals surface area contributed by atoms with Gasteiger partial charge >= 0.3 is 0 Å². The molecule has 0 amide bonds. The maximum absolute atomic E-state index is 4.49. The number of benzene rings is 1. The molecule has 0 radical (unpaired) electrons. The molecule has 1 heterocycles. The fraction of sp³-hybridized carbons (Fsp3) is 0.375. The minimum Gasteiger partial charge on any atom is -0.378 e. The van der Waals surface area contributed by atoms with Crippen LogP contribution in [0.1, 0.15) is 18.9 Å². The number of anilines is 2. The van der Waals surface area contributed by atoms with E-state index in [1.165, 1.54) is 11.3 Å². The highest BCUT2D eigenvalue weighted by atomic mass is 15.1. The number of aromatic nitrogens is 2. The van der Waals surface area contributed by atoms with Crippen LogP contribution in [0.25, 0.3) is 11.3 Å². The number of rotatable bonds is 5. The molecule has 106 valence electrons. The molecule has 20 heavy (non-hydrogen) atoms. The molecule has 1 aromatic heterocycles. The third kappa shape index (κ3) is 2.90. The Morgan fingerprint density at radius 3 is 2.35 bits per heavy atom. The summed E-state index contributed by atoms with van der Waals surface area (Å²) >= 11 is 0. The van der Waals surface area contributed by atoms with Crippen LogP contribution in [0.2, 0.25) is 0 Å². The second-order valence-corrected chi connectivity index (χ2v) is 4.99. The first-order valence-electron chi connectivity index (χ1n) is 6.96. The summed E-state index contributed by atoms with van der Waals surface area (Å²) in [5.74, 6) is 0.925. The Morgan fingerprint density at radius 2 is 1.80 bits per heavy atom.